The molecule has 2 amide bonds. The highest BCUT2D eigenvalue weighted by molar-refractivity contribution is 5.75. The van der Waals surface area contributed by atoms with Gasteiger partial charge in [-0.25, -0.2) is 4.79 Å². The second kappa shape index (κ2) is 7.55. The summed E-state index contributed by atoms with van der Waals surface area (Å²) in [6.45, 7) is 1.06. The Morgan fingerprint density at radius 3 is 2.10 bits per heavy atom. The van der Waals surface area contributed by atoms with Gasteiger partial charge in [-0.2, -0.15) is 0 Å². The van der Waals surface area contributed by atoms with Gasteiger partial charge in [0.05, 0.1) is 0 Å². The third-order valence-electron chi connectivity index (χ3n) is 9.09. The number of nitrogens with one attached hydrogen (secondary N) is 2. The maximum absolute atomic E-state index is 13.1. The molecule has 2 N–H and O–H groups in total. The van der Waals surface area contributed by atoms with Crippen LogP contribution in [-0.2, 0) is 6.54 Å². The average molecular weight is 408 g/mol. The van der Waals surface area contributed by atoms with E-state index in [-0.39, 0.29) is 11.6 Å². The molecule has 2 aliphatic heterocycles. The second-order valence-corrected chi connectivity index (χ2v) is 11.4. The minimum atomic E-state index is 0.114. The van der Waals surface area contributed by atoms with E-state index in [1.807, 2.05) is 0 Å². The second-order valence-electron chi connectivity index (χ2n) is 11.4. The van der Waals surface area contributed by atoms with Gasteiger partial charge >= 0.3 is 6.03 Å². The lowest BCUT2D eigenvalue weighted by Gasteiger charge is -2.57. The Kier molecular flexibility index (Phi) is 4.82. The molecule has 4 nitrogen and oxygen atoms in total. The van der Waals surface area contributed by atoms with Crippen molar-refractivity contribution in [3.05, 3.63) is 35.9 Å². The molecular weight excluding hydrogens is 370 g/mol. The number of rotatable bonds is 4. The fourth-order valence-corrected chi connectivity index (χ4v) is 8.37. The van der Waals surface area contributed by atoms with Gasteiger partial charge in [-0.15, -0.1) is 0 Å². The molecule has 4 heteroatoms. The fraction of sp³-hybridized carbons (Fsp3) is 0.731. The van der Waals surface area contributed by atoms with Crippen LogP contribution in [0, 0.1) is 17.8 Å². The van der Waals surface area contributed by atoms with Gasteiger partial charge in [0.25, 0.3) is 0 Å². The number of benzene rings is 1. The van der Waals surface area contributed by atoms with E-state index >= 15 is 0 Å². The molecule has 0 unspecified atom stereocenters. The zero-order chi connectivity index (χ0) is 20.1. The Bertz CT molecular complexity index is 728. The molecule has 0 radical (unpaired) electrons. The highest BCUT2D eigenvalue weighted by Crippen LogP contribution is 2.55. The number of amides is 2. The summed E-state index contributed by atoms with van der Waals surface area (Å²) in [6, 6.07) is 12.6. The lowest BCUT2D eigenvalue weighted by atomic mass is 9.53. The summed E-state index contributed by atoms with van der Waals surface area (Å²) >= 11 is 0. The average Bonchev–Trinajstić information content (AvgIpc) is 2.68. The summed E-state index contributed by atoms with van der Waals surface area (Å²) in [6.07, 6.45) is 14.1. The zero-order valence-electron chi connectivity index (χ0n) is 18.2. The van der Waals surface area contributed by atoms with Crippen molar-refractivity contribution < 1.29 is 4.79 Å². The predicted octanol–water partition coefficient (Wildman–Crippen LogP) is 4.84. The Hall–Kier alpha value is -1.55. The van der Waals surface area contributed by atoms with Crippen LogP contribution in [-0.4, -0.2) is 34.6 Å². The normalized spacial score (nSPS) is 42.1. The van der Waals surface area contributed by atoms with E-state index in [9.17, 15) is 4.79 Å². The predicted molar refractivity (Wildman–Crippen MR) is 119 cm³/mol. The van der Waals surface area contributed by atoms with E-state index in [4.69, 9.17) is 0 Å². The first-order valence-corrected chi connectivity index (χ1v) is 12.5. The summed E-state index contributed by atoms with van der Waals surface area (Å²) in [5, 5.41) is 6.96. The zero-order valence-corrected chi connectivity index (χ0v) is 18.2. The van der Waals surface area contributed by atoms with E-state index in [2.05, 4.69) is 45.9 Å². The molecule has 6 bridgehead atoms. The van der Waals surface area contributed by atoms with Gasteiger partial charge in [-0.1, -0.05) is 36.8 Å². The maximum atomic E-state index is 13.1. The van der Waals surface area contributed by atoms with Crippen LogP contribution in [0.4, 0.5) is 4.79 Å². The first-order valence-electron chi connectivity index (χ1n) is 12.5. The summed E-state index contributed by atoms with van der Waals surface area (Å²) < 4.78 is 0. The van der Waals surface area contributed by atoms with E-state index in [0.29, 0.717) is 18.1 Å². The van der Waals surface area contributed by atoms with Crippen LogP contribution in [0.25, 0.3) is 0 Å². The minimum Gasteiger partial charge on any atom is -0.335 e. The molecule has 162 valence electrons. The molecule has 0 spiro atoms. The Morgan fingerprint density at radius 1 is 0.900 bits per heavy atom. The van der Waals surface area contributed by atoms with E-state index in [0.717, 1.165) is 37.1 Å². The molecule has 30 heavy (non-hydrogen) atoms. The number of urea groups is 1. The number of fused-ring (bicyclic) bond motifs is 2. The Morgan fingerprint density at radius 2 is 1.50 bits per heavy atom. The number of carbonyl (C=O) groups excluding carboxylic acids is 1. The van der Waals surface area contributed by atoms with Crippen LogP contribution in [0.5, 0.6) is 0 Å². The van der Waals surface area contributed by atoms with Crippen molar-refractivity contribution in [1.82, 2.24) is 15.5 Å². The molecular formula is C26H37N3O. The van der Waals surface area contributed by atoms with E-state index in [1.54, 1.807) is 0 Å². The maximum Gasteiger partial charge on any atom is 0.315 e. The largest absolute Gasteiger partial charge is 0.335 e. The van der Waals surface area contributed by atoms with Crippen molar-refractivity contribution in [2.75, 3.05) is 0 Å². The third kappa shape index (κ3) is 3.66. The molecule has 4 saturated carbocycles. The standard InChI is InChI=1S/C26H37N3O/c30-25(28-26-14-19-9-20(15-26)11-21(10-19)16-26)27-22-12-23-7-4-8-24(13-22)29(23)17-18-5-2-1-3-6-18/h1-3,5-6,19-24H,4,7-17H2,(H2,27,28,30)/t19?,20?,21?,23-,24-,26?/m1/s1. The summed E-state index contributed by atoms with van der Waals surface area (Å²) in [5.41, 5.74) is 1.53. The number of nitrogens with zero attached hydrogens (tertiary/aromatic N) is 1. The van der Waals surface area contributed by atoms with Crippen molar-refractivity contribution in [1.29, 1.82) is 0 Å². The van der Waals surface area contributed by atoms with Crippen molar-refractivity contribution in [3.63, 3.8) is 0 Å². The van der Waals surface area contributed by atoms with Crippen LogP contribution in [0.15, 0.2) is 30.3 Å². The Labute approximate surface area is 181 Å². The number of hydrogen-bond donors (Lipinski definition) is 2. The fourth-order valence-electron chi connectivity index (χ4n) is 8.37. The van der Waals surface area contributed by atoms with Gasteiger partial charge in [0, 0.05) is 30.2 Å². The summed E-state index contributed by atoms with van der Waals surface area (Å²) in [4.78, 5) is 15.8. The summed E-state index contributed by atoms with van der Waals surface area (Å²) in [7, 11) is 0. The lowest BCUT2D eigenvalue weighted by molar-refractivity contribution is -0.0146. The number of piperidine rings is 2. The van der Waals surface area contributed by atoms with E-state index < -0.39 is 0 Å². The first-order chi connectivity index (χ1) is 14.6. The third-order valence-corrected chi connectivity index (χ3v) is 9.09. The van der Waals surface area contributed by atoms with E-state index in [1.165, 1.54) is 63.4 Å². The molecule has 2 saturated heterocycles. The Balaban J connectivity index is 1.08. The smallest absolute Gasteiger partial charge is 0.315 e. The molecule has 0 aromatic heterocycles. The van der Waals surface area contributed by atoms with Crippen LogP contribution >= 0.6 is 0 Å². The van der Waals surface area contributed by atoms with Crippen LogP contribution in [0.2, 0.25) is 0 Å². The van der Waals surface area contributed by atoms with Gasteiger partial charge in [-0.3, -0.25) is 4.90 Å². The highest BCUT2D eigenvalue weighted by Gasteiger charge is 2.51. The molecule has 2 heterocycles. The van der Waals surface area contributed by atoms with Crippen LogP contribution in [0.1, 0.15) is 76.2 Å². The van der Waals surface area contributed by atoms with Crippen molar-refractivity contribution >= 4 is 6.03 Å². The quantitative estimate of drug-likeness (QED) is 0.750. The lowest BCUT2D eigenvalue weighted by Crippen LogP contribution is -2.63. The molecule has 7 rings (SSSR count). The first kappa shape index (κ1) is 19.2. The summed E-state index contributed by atoms with van der Waals surface area (Å²) in [5.74, 6) is 2.62. The highest BCUT2D eigenvalue weighted by atomic mass is 16.2. The molecule has 1 aromatic rings. The molecule has 1 aromatic carbocycles. The molecule has 6 aliphatic rings. The van der Waals surface area contributed by atoms with Gasteiger partial charge in [0.1, 0.15) is 0 Å². The SMILES string of the molecule is O=C(NC1C[C@H]2CCC[C@H](C1)N2Cc1ccccc1)NC12CC3CC(CC(C3)C1)C2. The van der Waals surface area contributed by atoms with Gasteiger partial charge < -0.3 is 10.6 Å². The molecule has 2 atom stereocenters. The number of hydrogen-bond acceptors (Lipinski definition) is 2. The van der Waals surface area contributed by atoms with Gasteiger partial charge in [-0.05, 0) is 87.5 Å². The molecule has 4 aliphatic carbocycles. The van der Waals surface area contributed by atoms with Crippen molar-refractivity contribution in [3.8, 4) is 0 Å². The number of carbonyl (C=O) groups is 1. The monoisotopic (exact) mass is 407 g/mol. The molecule has 6 fully saturated rings. The van der Waals surface area contributed by atoms with Gasteiger partial charge in [0.2, 0.25) is 0 Å². The van der Waals surface area contributed by atoms with Crippen LogP contribution in [0.3, 0.4) is 0 Å². The van der Waals surface area contributed by atoms with Crippen molar-refractivity contribution in [2.24, 2.45) is 17.8 Å². The minimum absolute atomic E-state index is 0.114. The van der Waals surface area contributed by atoms with Crippen molar-refractivity contribution in [2.45, 2.75) is 101 Å². The van der Waals surface area contributed by atoms with Gasteiger partial charge in [0.15, 0.2) is 0 Å². The topological polar surface area (TPSA) is 44.4 Å². The van der Waals surface area contributed by atoms with Crippen LogP contribution < -0.4 is 10.6 Å².